The minimum absolute atomic E-state index is 0.0699. The van der Waals surface area contributed by atoms with Crippen LogP contribution in [0.25, 0.3) is 0 Å². The molecule has 0 aliphatic heterocycles. The first-order valence-electron chi connectivity index (χ1n) is 5.06. The Hall–Kier alpha value is -0.650. The number of carboxylic acid groups (broad SMARTS) is 1. The van der Waals surface area contributed by atoms with E-state index in [2.05, 4.69) is 0 Å². The molecule has 0 aromatic heterocycles. The van der Waals surface area contributed by atoms with E-state index in [4.69, 9.17) is 9.84 Å². The Morgan fingerprint density at radius 1 is 1.53 bits per heavy atom. The normalized spacial score (nSPS) is 15.3. The molecule has 0 aliphatic carbocycles. The first-order valence-corrected chi connectivity index (χ1v) is 5.06. The molecule has 0 aromatic rings. The molecule has 15 heavy (non-hydrogen) atoms. The average Bonchev–Trinajstić information content (AvgIpc) is 2.13. The maximum Gasteiger partial charge on any atom is 0.317 e. The van der Waals surface area contributed by atoms with Crippen LogP contribution in [0.2, 0.25) is 0 Å². The fraction of sp³-hybridized carbons (Fsp3) is 0.900. The monoisotopic (exact) mass is 219 g/mol. The highest BCUT2D eigenvalue weighted by Gasteiger charge is 2.22. The first-order chi connectivity index (χ1) is 6.91. The summed E-state index contributed by atoms with van der Waals surface area (Å²) < 4.78 is 4.89. The zero-order chi connectivity index (χ0) is 11.9. The molecule has 1 unspecified atom stereocenters. The maximum atomic E-state index is 10.6. The molecular formula is C10H21NO4. The fourth-order valence-corrected chi connectivity index (χ4v) is 1.22. The van der Waals surface area contributed by atoms with Crippen LogP contribution >= 0.6 is 0 Å². The molecule has 5 heteroatoms. The van der Waals surface area contributed by atoms with Crippen LogP contribution in [0.15, 0.2) is 0 Å². The first kappa shape index (κ1) is 14.3. The Labute approximate surface area is 90.6 Å². The minimum Gasteiger partial charge on any atom is -0.480 e. The molecule has 5 nitrogen and oxygen atoms in total. The highest BCUT2D eigenvalue weighted by Crippen LogP contribution is 2.10. The number of carbonyl (C=O) groups is 1. The van der Waals surface area contributed by atoms with Crippen molar-refractivity contribution >= 4 is 5.97 Å². The lowest BCUT2D eigenvalue weighted by atomic mass is 10.0. The summed E-state index contributed by atoms with van der Waals surface area (Å²) in [4.78, 5) is 12.3. The zero-order valence-electron chi connectivity index (χ0n) is 9.69. The summed E-state index contributed by atoms with van der Waals surface area (Å²) in [6.45, 7) is 4.83. The lowest BCUT2D eigenvalue weighted by molar-refractivity contribution is -0.139. The third kappa shape index (κ3) is 7.30. The van der Waals surface area contributed by atoms with Gasteiger partial charge in [0.15, 0.2) is 0 Å². The Bertz CT molecular complexity index is 194. The Morgan fingerprint density at radius 2 is 2.13 bits per heavy atom. The van der Waals surface area contributed by atoms with Gasteiger partial charge in [0.2, 0.25) is 0 Å². The molecule has 90 valence electrons. The van der Waals surface area contributed by atoms with Crippen LogP contribution in [0.4, 0.5) is 0 Å². The lowest BCUT2D eigenvalue weighted by Gasteiger charge is -2.29. The summed E-state index contributed by atoms with van der Waals surface area (Å²) in [5.41, 5.74) is -0.844. The van der Waals surface area contributed by atoms with E-state index < -0.39 is 11.6 Å². The predicted octanol–water partition coefficient (Wildman–Crippen LogP) is 0.180. The SMILES string of the molecule is CCC(C)(O)CN(CCOC)CC(=O)O. The van der Waals surface area contributed by atoms with Crippen molar-refractivity contribution in [2.24, 2.45) is 0 Å². The molecule has 0 fully saturated rings. The number of ether oxygens (including phenoxy) is 1. The fourth-order valence-electron chi connectivity index (χ4n) is 1.22. The average molecular weight is 219 g/mol. The van der Waals surface area contributed by atoms with Crippen molar-refractivity contribution in [2.75, 3.05) is 33.4 Å². The lowest BCUT2D eigenvalue weighted by Crippen LogP contribution is -2.44. The molecule has 0 aliphatic rings. The van der Waals surface area contributed by atoms with Crippen LogP contribution in [0.3, 0.4) is 0 Å². The standard InChI is InChI=1S/C10H21NO4/c1-4-10(2,14)8-11(5-6-15-3)7-9(12)13/h14H,4-8H2,1-3H3,(H,12,13). The summed E-state index contributed by atoms with van der Waals surface area (Å²) in [5, 5.41) is 18.5. The molecular weight excluding hydrogens is 198 g/mol. The van der Waals surface area contributed by atoms with Gasteiger partial charge in [-0.05, 0) is 13.3 Å². The summed E-state index contributed by atoms with van der Waals surface area (Å²) in [5.74, 6) is -0.891. The van der Waals surface area contributed by atoms with Crippen LogP contribution in [0, 0.1) is 0 Å². The van der Waals surface area contributed by atoms with Gasteiger partial charge in [0, 0.05) is 20.2 Å². The second-order valence-corrected chi connectivity index (χ2v) is 3.95. The van der Waals surface area contributed by atoms with Gasteiger partial charge in [0.25, 0.3) is 0 Å². The third-order valence-electron chi connectivity index (χ3n) is 2.30. The Kier molecular flexibility index (Phi) is 6.47. The van der Waals surface area contributed by atoms with Gasteiger partial charge in [0.05, 0.1) is 18.8 Å². The van der Waals surface area contributed by atoms with Gasteiger partial charge < -0.3 is 14.9 Å². The highest BCUT2D eigenvalue weighted by atomic mass is 16.5. The van der Waals surface area contributed by atoms with Crippen molar-refractivity contribution < 1.29 is 19.7 Å². The van der Waals surface area contributed by atoms with Crippen LogP contribution in [-0.4, -0.2) is 60.0 Å². The van der Waals surface area contributed by atoms with Gasteiger partial charge in [-0.3, -0.25) is 9.69 Å². The summed E-state index contributed by atoms with van der Waals surface area (Å²) in [6.07, 6.45) is 0.593. The van der Waals surface area contributed by atoms with Crippen LogP contribution in [-0.2, 0) is 9.53 Å². The summed E-state index contributed by atoms with van der Waals surface area (Å²) >= 11 is 0. The number of hydrogen-bond donors (Lipinski definition) is 2. The van der Waals surface area contributed by atoms with E-state index in [1.165, 1.54) is 0 Å². The van der Waals surface area contributed by atoms with Crippen molar-refractivity contribution in [3.63, 3.8) is 0 Å². The van der Waals surface area contributed by atoms with Crippen LogP contribution in [0.5, 0.6) is 0 Å². The molecule has 1 atom stereocenters. The molecule has 0 aromatic carbocycles. The quantitative estimate of drug-likeness (QED) is 0.609. The number of carboxylic acids is 1. The molecule has 2 N–H and O–H groups in total. The molecule has 0 radical (unpaired) electrons. The predicted molar refractivity (Wildman–Crippen MR) is 56.9 cm³/mol. The third-order valence-corrected chi connectivity index (χ3v) is 2.30. The molecule has 0 bridgehead atoms. The Balaban J connectivity index is 4.16. The number of hydrogen-bond acceptors (Lipinski definition) is 4. The van der Waals surface area contributed by atoms with E-state index in [0.29, 0.717) is 26.1 Å². The minimum atomic E-state index is -0.891. The van der Waals surface area contributed by atoms with Gasteiger partial charge in [-0.25, -0.2) is 0 Å². The van der Waals surface area contributed by atoms with Crippen molar-refractivity contribution in [3.8, 4) is 0 Å². The summed E-state index contributed by atoms with van der Waals surface area (Å²) in [7, 11) is 1.57. The van der Waals surface area contributed by atoms with Crippen molar-refractivity contribution in [3.05, 3.63) is 0 Å². The largest absolute Gasteiger partial charge is 0.480 e. The van der Waals surface area contributed by atoms with Crippen molar-refractivity contribution in [1.82, 2.24) is 4.90 Å². The number of rotatable bonds is 8. The smallest absolute Gasteiger partial charge is 0.317 e. The van der Waals surface area contributed by atoms with Gasteiger partial charge in [-0.1, -0.05) is 6.92 Å². The zero-order valence-corrected chi connectivity index (χ0v) is 9.69. The molecule has 0 saturated carbocycles. The Morgan fingerprint density at radius 3 is 2.53 bits per heavy atom. The number of aliphatic hydroxyl groups is 1. The van der Waals surface area contributed by atoms with Crippen molar-refractivity contribution in [1.29, 1.82) is 0 Å². The number of nitrogens with zero attached hydrogens (tertiary/aromatic N) is 1. The van der Waals surface area contributed by atoms with E-state index in [1.54, 1.807) is 18.9 Å². The maximum absolute atomic E-state index is 10.6. The van der Waals surface area contributed by atoms with Crippen LogP contribution in [0.1, 0.15) is 20.3 Å². The van der Waals surface area contributed by atoms with E-state index in [-0.39, 0.29) is 6.54 Å². The van der Waals surface area contributed by atoms with Crippen molar-refractivity contribution in [2.45, 2.75) is 25.9 Å². The molecule has 0 saturated heterocycles. The second kappa shape index (κ2) is 6.76. The molecule has 0 spiro atoms. The van der Waals surface area contributed by atoms with Gasteiger partial charge in [-0.15, -0.1) is 0 Å². The molecule has 0 rings (SSSR count). The van der Waals surface area contributed by atoms with E-state index in [0.717, 1.165) is 0 Å². The van der Waals surface area contributed by atoms with E-state index >= 15 is 0 Å². The highest BCUT2D eigenvalue weighted by molar-refractivity contribution is 5.69. The number of aliphatic carboxylic acids is 1. The second-order valence-electron chi connectivity index (χ2n) is 3.95. The molecule has 0 heterocycles. The number of methoxy groups -OCH3 is 1. The van der Waals surface area contributed by atoms with Gasteiger partial charge >= 0.3 is 5.97 Å². The summed E-state index contributed by atoms with van der Waals surface area (Å²) in [6, 6.07) is 0. The van der Waals surface area contributed by atoms with Gasteiger partial charge in [0.1, 0.15) is 0 Å². The topological polar surface area (TPSA) is 70.0 Å². The molecule has 0 amide bonds. The van der Waals surface area contributed by atoms with E-state index in [9.17, 15) is 9.90 Å². The van der Waals surface area contributed by atoms with E-state index in [1.807, 2.05) is 6.92 Å². The van der Waals surface area contributed by atoms with Gasteiger partial charge in [-0.2, -0.15) is 0 Å². The van der Waals surface area contributed by atoms with Crippen LogP contribution < -0.4 is 0 Å².